The molecule has 1 heterocycles. The third kappa shape index (κ3) is 3.11. The van der Waals surface area contributed by atoms with Gasteiger partial charge in [0.1, 0.15) is 0 Å². The average molecular weight is 242 g/mol. The number of rotatable bonds is 4. The van der Waals surface area contributed by atoms with Gasteiger partial charge in [-0.15, -0.1) is 0 Å². The van der Waals surface area contributed by atoms with Gasteiger partial charge in [0.15, 0.2) is 0 Å². The summed E-state index contributed by atoms with van der Waals surface area (Å²) in [6.45, 7) is 4.39. The Kier molecular flexibility index (Phi) is 4.43. The molecule has 1 nitrogen and oxygen atoms in total. The van der Waals surface area contributed by atoms with Crippen LogP contribution in [0.5, 0.6) is 0 Å². The molecule has 1 aromatic rings. The van der Waals surface area contributed by atoms with Crippen molar-refractivity contribution < 1.29 is 0 Å². The lowest BCUT2D eigenvalue weighted by Crippen LogP contribution is -1.96. The van der Waals surface area contributed by atoms with Crippen molar-refractivity contribution in [1.29, 1.82) is 0 Å². The van der Waals surface area contributed by atoms with E-state index in [0.717, 1.165) is 17.3 Å². The molecule has 0 atom stereocenters. The number of pyridine rings is 1. The van der Waals surface area contributed by atoms with Crippen LogP contribution in [0.2, 0.25) is 0 Å². The van der Waals surface area contributed by atoms with Gasteiger partial charge in [0, 0.05) is 16.4 Å². The van der Waals surface area contributed by atoms with E-state index in [0.29, 0.717) is 0 Å². The Morgan fingerprint density at radius 3 is 2.77 bits per heavy atom. The Morgan fingerprint density at radius 1 is 1.38 bits per heavy atom. The van der Waals surface area contributed by atoms with Crippen LogP contribution in [0, 0.1) is 0 Å². The average Bonchev–Trinajstić information content (AvgIpc) is 2.16. The van der Waals surface area contributed by atoms with Crippen LogP contribution in [-0.2, 0) is 12.8 Å². The van der Waals surface area contributed by atoms with Crippen LogP contribution >= 0.6 is 15.9 Å². The van der Waals surface area contributed by atoms with E-state index in [-0.39, 0.29) is 0 Å². The summed E-state index contributed by atoms with van der Waals surface area (Å²) >= 11 is 3.44. The molecular formula is C11H16BrN. The highest BCUT2D eigenvalue weighted by atomic mass is 79.9. The zero-order valence-electron chi connectivity index (χ0n) is 8.31. The number of aryl methyl sites for hydroxylation is 2. The number of unbranched alkanes of at least 4 members (excludes halogenated alkanes) is 1. The molecule has 0 aliphatic heterocycles. The van der Waals surface area contributed by atoms with Crippen molar-refractivity contribution in [3.05, 3.63) is 28.0 Å². The molecule has 2 heteroatoms. The highest BCUT2D eigenvalue weighted by Crippen LogP contribution is 2.16. The first-order chi connectivity index (χ1) is 6.27. The molecule has 0 aliphatic carbocycles. The highest BCUT2D eigenvalue weighted by Gasteiger charge is 2.02. The van der Waals surface area contributed by atoms with Crippen molar-refractivity contribution >= 4 is 15.9 Å². The van der Waals surface area contributed by atoms with Gasteiger partial charge in [-0.1, -0.05) is 20.3 Å². The maximum atomic E-state index is 4.44. The molecule has 0 saturated heterocycles. The molecule has 0 N–H and O–H groups in total. The molecule has 72 valence electrons. The molecule has 0 bridgehead atoms. The summed E-state index contributed by atoms with van der Waals surface area (Å²) in [5.74, 6) is 0. The zero-order valence-corrected chi connectivity index (χ0v) is 9.89. The molecule has 0 amide bonds. The summed E-state index contributed by atoms with van der Waals surface area (Å²) in [6.07, 6.45) is 6.56. The normalized spacial score (nSPS) is 10.4. The summed E-state index contributed by atoms with van der Waals surface area (Å²) < 4.78 is 1.09. The zero-order chi connectivity index (χ0) is 9.68. The van der Waals surface area contributed by atoms with E-state index in [2.05, 4.69) is 40.8 Å². The molecule has 1 aromatic heterocycles. The third-order valence-corrected chi connectivity index (χ3v) is 2.61. The largest absolute Gasteiger partial charge is 0.260 e. The van der Waals surface area contributed by atoms with E-state index < -0.39 is 0 Å². The van der Waals surface area contributed by atoms with Crippen LogP contribution in [0.15, 0.2) is 16.7 Å². The SMILES string of the molecule is CCCCc1ncc(Br)cc1CC. The number of aromatic nitrogens is 1. The number of halogens is 1. The minimum Gasteiger partial charge on any atom is -0.260 e. The van der Waals surface area contributed by atoms with Crippen LogP contribution < -0.4 is 0 Å². The van der Waals surface area contributed by atoms with Gasteiger partial charge in [-0.2, -0.15) is 0 Å². The lowest BCUT2D eigenvalue weighted by Gasteiger charge is -2.06. The van der Waals surface area contributed by atoms with Crippen LogP contribution in [0.1, 0.15) is 37.9 Å². The van der Waals surface area contributed by atoms with Gasteiger partial charge in [0.25, 0.3) is 0 Å². The van der Waals surface area contributed by atoms with E-state index in [1.807, 2.05) is 6.20 Å². The Balaban J connectivity index is 2.79. The molecule has 13 heavy (non-hydrogen) atoms. The fourth-order valence-corrected chi connectivity index (χ4v) is 1.76. The van der Waals surface area contributed by atoms with Crippen molar-refractivity contribution in [2.45, 2.75) is 39.5 Å². The second-order valence-electron chi connectivity index (χ2n) is 3.22. The Hall–Kier alpha value is -0.370. The van der Waals surface area contributed by atoms with Gasteiger partial charge in [-0.25, -0.2) is 0 Å². The van der Waals surface area contributed by atoms with Crippen molar-refractivity contribution in [2.24, 2.45) is 0 Å². The maximum absolute atomic E-state index is 4.44. The summed E-state index contributed by atoms with van der Waals surface area (Å²) in [5, 5.41) is 0. The second-order valence-corrected chi connectivity index (χ2v) is 4.13. The molecule has 1 rings (SSSR count). The predicted molar refractivity (Wildman–Crippen MR) is 59.9 cm³/mol. The third-order valence-electron chi connectivity index (χ3n) is 2.17. The van der Waals surface area contributed by atoms with Crippen molar-refractivity contribution in [1.82, 2.24) is 4.98 Å². The lowest BCUT2D eigenvalue weighted by molar-refractivity contribution is 0.766. The first kappa shape index (κ1) is 10.7. The van der Waals surface area contributed by atoms with E-state index in [9.17, 15) is 0 Å². The van der Waals surface area contributed by atoms with Crippen molar-refractivity contribution in [3.8, 4) is 0 Å². The smallest absolute Gasteiger partial charge is 0.0436 e. The summed E-state index contributed by atoms with van der Waals surface area (Å²) in [4.78, 5) is 4.44. The first-order valence-corrected chi connectivity index (χ1v) is 5.70. The van der Waals surface area contributed by atoms with Gasteiger partial charge in [0.05, 0.1) is 0 Å². The van der Waals surface area contributed by atoms with Gasteiger partial charge in [0.2, 0.25) is 0 Å². The van der Waals surface area contributed by atoms with Crippen LogP contribution in [0.25, 0.3) is 0 Å². The quantitative estimate of drug-likeness (QED) is 0.783. The number of nitrogens with zero attached hydrogens (tertiary/aromatic N) is 1. The monoisotopic (exact) mass is 241 g/mol. The van der Waals surface area contributed by atoms with Crippen molar-refractivity contribution in [2.75, 3.05) is 0 Å². The minimum absolute atomic E-state index is 1.07. The van der Waals surface area contributed by atoms with E-state index in [1.165, 1.54) is 24.1 Å². The van der Waals surface area contributed by atoms with Crippen molar-refractivity contribution in [3.63, 3.8) is 0 Å². The van der Waals surface area contributed by atoms with E-state index in [4.69, 9.17) is 0 Å². The molecule has 0 spiro atoms. The molecule has 0 aromatic carbocycles. The number of hydrogen-bond donors (Lipinski definition) is 0. The summed E-state index contributed by atoms with van der Waals surface area (Å²) in [7, 11) is 0. The number of hydrogen-bond acceptors (Lipinski definition) is 1. The van der Waals surface area contributed by atoms with Crippen LogP contribution in [-0.4, -0.2) is 4.98 Å². The minimum atomic E-state index is 1.07. The van der Waals surface area contributed by atoms with Gasteiger partial charge in [-0.3, -0.25) is 4.98 Å². The lowest BCUT2D eigenvalue weighted by atomic mass is 10.1. The van der Waals surface area contributed by atoms with E-state index in [1.54, 1.807) is 0 Å². The van der Waals surface area contributed by atoms with Gasteiger partial charge >= 0.3 is 0 Å². The summed E-state index contributed by atoms with van der Waals surface area (Å²) in [6, 6.07) is 2.18. The summed E-state index contributed by atoms with van der Waals surface area (Å²) in [5.41, 5.74) is 2.65. The molecule has 0 fully saturated rings. The fraction of sp³-hybridized carbons (Fsp3) is 0.545. The highest BCUT2D eigenvalue weighted by molar-refractivity contribution is 9.10. The maximum Gasteiger partial charge on any atom is 0.0436 e. The Morgan fingerprint density at radius 2 is 2.15 bits per heavy atom. The Labute approximate surface area is 88.7 Å². The van der Waals surface area contributed by atoms with E-state index >= 15 is 0 Å². The van der Waals surface area contributed by atoms with Crippen LogP contribution in [0.3, 0.4) is 0 Å². The fourth-order valence-electron chi connectivity index (χ4n) is 1.38. The van der Waals surface area contributed by atoms with Crippen LogP contribution in [0.4, 0.5) is 0 Å². The first-order valence-electron chi connectivity index (χ1n) is 4.91. The topological polar surface area (TPSA) is 12.9 Å². The van der Waals surface area contributed by atoms with Gasteiger partial charge in [-0.05, 0) is 46.8 Å². The standard InChI is InChI=1S/C11H16BrN/c1-3-5-6-11-9(4-2)7-10(12)8-13-11/h7-8H,3-6H2,1-2H3. The second kappa shape index (κ2) is 5.38. The van der Waals surface area contributed by atoms with Gasteiger partial charge < -0.3 is 0 Å². The Bertz CT molecular complexity index is 271. The molecule has 0 unspecified atom stereocenters. The predicted octanol–water partition coefficient (Wildman–Crippen LogP) is 3.75. The molecular weight excluding hydrogens is 226 g/mol. The molecule has 0 aliphatic rings. The molecule has 0 radical (unpaired) electrons. The molecule has 0 saturated carbocycles.